The monoisotopic (exact) mass is 804 g/mol. The van der Waals surface area contributed by atoms with Gasteiger partial charge in [-0.15, -0.1) is 0 Å². The number of carbonyl (C=O) groups excluding carboxylic acids is 5. The molecule has 1 saturated carbocycles. The van der Waals surface area contributed by atoms with Crippen molar-refractivity contribution in [2.75, 3.05) is 6.54 Å². The van der Waals surface area contributed by atoms with Gasteiger partial charge in [0, 0.05) is 13.0 Å². The van der Waals surface area contributed by atoms with Gasteiger partial charge in [-0.25, -0.2) is 0 Å². The molecule has 308 valence electrons. The highest BCUT2D eigenvalue weighted by Crippen LogP contribution is 2.38. The molecule has 3 fully saturated rings. The molecular weight excluding hydrogens is 745 g/mol. The zero-order valence-corrected chi connectivity index (χ0v) is 35.5. The normalized spacial score (nSPS) is 22.3. The number of fused-ring (bicyclic) bond motifs is 1. The average molecular weight is 805 g/mol. The van der Waals surface area contributed by atoms with E-state index < -0.39 is 44.0 Å². The molecule has 0 bridgehead atoms. The summed E-state index contributed by atoms with van der Waals surface area (Å²) in [4.78, 5) is 71.7. The van der Waals surface area contributed by atoms with Gasteiger partial charge in [-0.2, -0.15) is 0 Å². The summed E-state index contributed by atoms with van der Waals surface area (Å²) in [7, 11) is -2.94. The Bertz CT molecular complexity index is 1890. The van der Waals surface area contributed by atoms with Crippen molar-refractivity contribution in [2.45, 2.75) is 133 Å². The van der Waals surface area contributed by atoms with Gasteiger partial charge in [0.2, 0.25) is 23.6 Å². The van der Waals surface area contributed by atoms with E-state index in [1.165, 1.54) is 0 Å². The minimum Gasteiger partial charge on any atom is -0.397 e. The van der Waals surface area contributed by atoms with Crippen LogP contribution in [-0.2, 0) is 34.8 Å². The minimum absolute atomic E-state index is 0.146. The van der Waals surface area contributed by atoms with Crippen molar-refractivity contribution >= 4 is 48.1 Å². The van der Waals surface area contributed by atoms with Crippen LogP contribution in [0.4, 0.5) is 0 Å². The second kappa shape index (κ2) is 18.8. The smallest absolute Gasteiger partial charge is 0.262 e. The topological polar surface area (TPSA) is 134 Å². The van der Waals surface area contributed by atoms with Gasteiger partial charge in [-0.1, -0.05) is 137 Å². The van der Waals surface area contributed by atoms with E-state index in [4.69, 9.17) is 4.43 Å². The van der Waals surface area contributed by atoms with Gasteiger partial charge in [0.1, 0.15) is 29.8 Å². The van der Waals surface area contributed by atoms with Crippen LogP contribution in [0.3, 0.4) is 0 Å². The summed E-state index contributed by atoms with van der Waals surface area (Å²) >= 11 is 0. The third-order valence-electron chi connectivity index (χ3n) is 12.2. The summed E-state index contributed by atoms with van der Waals surface area (Å²) in [5.41, 5.74) is -0.294. The van der Waals surface area contributed by atoms with Crippen molar-refractivity contribution in [3.63, 3.8) is 0 Å². The van der Waals surface area contributed by atoms with Crippen molar-refractivity contribution < 1.29 is 28.4 Å². The number of ketones is 1. The molecule has 1 spiro atoms. The highest BCUT2D eigenvalue weighted by molar-refractivity contribution is 6.99. The summed E-state index contributed by atoms with van der Waals surface area (Å²) in [6.45, 7) is 8.75. The van der Waals surface area contributed by atoms with E-state index in [1.807, 2.05) is 79.7 Å². The third-order valence-corrected chi connectivity index (χ3v) is 17.3. The fourth-order valence-electron chi connectivity index (χ4n) is 9.06. The highest BCUT2D eigenvalue weighted by Gasteiger charge is 2.52. The summed E-state index contributed by atoms with van der Waals surface area (Å²) < 4.78 is 7.00. The molecule has 0 aromatic heterocycles. The number of unbranched alkanes of at least 4 members (excludes halogenated alkanes) is 1. The van der Waals surface area contributed by atoms with Gasteiger partial charge in [0.25, 0.3) is 8.32 Å². The van der Waals surface area contributed by atoms with Crippen LogP contribution in [0.5, 0.6) is 0 Å². The Labute approximate surface area is 344 Å². The van der Waals surface area contributed by atoms with E-state index in [2.05, 4.69) is 61.0 Å². The molecule has 0 unspecified atom stereocenters. The summed E-state index contributed by atoms with van der Waals surface area (Å²) in [6, 6.07) is 27.4. The largest absolute Gasteiger partial charge is 0.397 e. The van der Waals surface area contributed by atoms with Crippen molar-refractivity contribution in [2.24, 2.45) is 0 Å². The molecule has 3 aromatic carbocycles. The van der Waals surface area contributed by atoms with Gasteiger partial charge in [-0.05, 0) is 78.9 Å². The van der Waals surface area contributed by atoms with Crippen LogP contribution in [0.2, 0.25) is 5.04 Å². The Morgan fingerprint density at radius 1 is 0.828 bits per heavy atom. The fraction of sp³-hybridized carbons (Fsp3) is 0.468. The predicted octanol–water partition coefficient (Wildman–Crippen LogP) is 5.28. The van der Waals surface area contributed by atoms with Crippen molar-refractivity contribution in [1.82, 2.24) is 20.9 Å². The predicted molar refractivity (Wildman–Crippen MR) is 229 cm³/mol. The number of carbonyl (C=O) groups is 5. The highest BCUT2D eigenvalue weighted by atomic mass is 28.4. The average Bonchev–Trinajstić information content (AvgIpc) is 3.72. The van der Waals surface area contributed by atoms with Crippen molar-refractivity contribution in [1.29, 1.82) is 0 Å². The van der Waals surface area contributed by atoms with Crippen molar-refractivity contribution in [3.8, 4) is 0 Å². The van der Waals surface area contributed by atoms with E-state index in [-0.39, 0.29) is 35.0 Å². The zero-order valence-electron chi connectivity index (χ0n) is 34.5. The molecule has 11 heteroatoms. The first-order valence-electron chi connectivity index (χ1n) is 21.1. The second-order valence-corrected chi connectivity index (χ2v) is 21.5. The first-order valence-corrected chi connectivity index (χ1v) is 23.0. The molecule has 4 amide bonds. The Hall–Kier alpha value is -4.87. The standard InChI is InChI=1S/C47H60N4O6Si/c1-34(57-58(46(2,3)4,36-23-12-6-13-24-36)37-25-14-7-15-26-37)41(52)29-17-8-16-27-38-42(53)50-47(30-18-9-19-31-47)45(56)49-39(33-35-21-10-5-11-22-35)44(55)51-32-20-28-40(51)43(54)48-38/h5-7,10-15,17,21-26,29,34,38-40H,8-9,16,18-20,27-28,30-33H2,1-4H3,(H,48,54)(H,49,56)(H,50,53)/b29-17+/t34-,38-,39-,40+/m0/s1. The van der Waals surface area contributed by atoms with E-state index in [0.717, 1.165) is 35.2 Å². The maximum Gasteiger partial charge on any atom is 0.262 e. The van der Waals surface area contributed by atoms with E-state index in [9.17, 15) is 24.0 Å². The van der Waals surface area contributed by atoms with Gasteiger partial charge >= 0.3 is 0 Å². The molecule has 3 N–H and O–H groups in total. The fourth-order valence-corrected chi connectivity index (χ4v) is 13.7. The number of hydrogen-bond acceptors (Lipinski definition) is 6. The van der Waals surface area contributed by atoms with Gasteiger partial charge in [0.05, 0.1) is 0 Å². The van der Waals surface area contributed by atoms with Gasteiger partial charge in [-0.3, -0.25) is 24.0 Å². The Balaban J connectivity index is 1.16. The molecule has 4 atom stereocenters. The first-order chi connectivity index (χ1) is 27.8. The van der Waals surface area contributed by atoms with Crippen LogP contribution in [0.25, 0.3) is 0 Å². The number of nitrogens with zero attached hydrogens (tertiary/aromatic N) is 1. The number of nitrogens with one attached hydrogen (secondary N) is 3. The molecule has 3 aliphatic rings. The number of rotatable bonds is 12. The lowest BCUT2D eigenvalue weighted by Gasteiger charge is -2.44. The van der Waals surface area contributed by atoms with E-state index >= 15 is 0 Å². The Morgan fingerprint density at radius 2 is 1.43 bits per heavy atom. The Kier molecular flexibility index (Phi) is 13.9. The second-order valence-electron chi connectivity index (χ2n) is 17.3. The summed E-state index contributed by atoms with van der Waals surface area (Å²) in [5.74, 6) is -1.56. The molecular formula is C47H60N4O6Si. The Morgan fingerprint density at radius 3 is 2.03 bits per heavy atom. The van der Waals surface area contributed by atoms with E-state index in [1.54, 1.807) is 11.0 Å². The molecule has 10 nitrogen and oxygen atoms in total. The molecule has 1 aliphatic carbocycles. The van der Waals surface area contributed by atoms with Gasteiger partial charge in [0.15, 0.2) is 5.78 Å². The van der Waals surface area contributed by atoms with Crippen molar-refractivity contribution in [3.05, 3.63) is 109 Å². The molecule has 3 aromatic rings. The molecule has 2 aliphatic heterocycles. The molecule has 6 rings (SSSR count). The zero-order chi connectivity index (χ0) is 41.3. The SMILES string of the molecule is C[C@H](O[Si](c1ccccc1)(c1ccccc1)C(C)(C)C)C(=O)/C=C/CCC[C@@H]1NC(=O)[C@H]2CCCN2C(=O)[C@H](Cc2ccccc2)NC(=O)C2(CCCCC2)NC1=O. The van der Waals surface area contributed by atoms with Crippen LogP contribution in [0.15, 0.2) is 103 Å². The molecule has 2 heterocycles. The number of hydrogen-bond donors (Lipinski definition) is 3. The first kappa shape index (κ1) is 42.7. The third kappa shape index (κ3) is 9.53. The molecule has 58 heavy (non-hydrogen) atoms. The molecule has 0 radical (unpaired) electrons. The van der Waals surface area contributed by atoms with Crippen LogP contribution in [0, 0.1) is 0 Å². The van der Waals surface area contributed by atoms with Crippen LogP contribution in [0.1, 0.15) is 97.5 Å². The van der Waals surface area contributed by atoms with Crippen LogP contribution < -0.4 is 26.3 Å². The van der Waals surface area contributed by atoms with Crippen LogP contribution >= 0.6 is 0 Å². The minimum atomic E-state index is -2.94. The number of amides is 4. The lowest BCUT2D eigenvalue weighted by molar-refractivity contribution is -0.145. The van der Waals surface area contributed by atoms with Gasteiger partial charge < -0.3 is 25.3 Å². The molecule has 2 saturated heterocycles. The van der Waals surface area contributed by atoms with E-state index in [0.29, 0.717) is 51.5 Å². The van der Waals surface area contributed by atoms with Crippen LogP contribution in [-0.4, -0.2) is 78.9 Å². The maximum atomic E-state index is 14.3. The lowest BCUT2D eigenvalue weighted by Crippen LogP contribution is -2.68. The summed E-state index contributed by atoms with van der Waals surface area (Å²) in [5, 5.41) is 11.0. The summed E-state index contributed by atoms with van der Waals surface area (Å²) in [6.07, 6.45) is 8.69. The lowest BCUT2D eigenvalue weighted by atomic mass is 9.80. The number of allylic oxidation sites excluding steroid dienone is 1. The maximum absolute atomic E-state index is 14.3. The quantitative estimate of drug-likeness (QED) is 0.130. The number of benzene rings is 3.